The van der Waals surface area contributed by atoms with E-state index in [0.717, 1.165) is 24.3 Å². The molecule has 0 saturated heterocycles. The van der Waals surface area contributed by atoms with Gasteiger partial charge in [0.1, 0.15) is 4.88 Å². The average molecular weight is 331 g/mol. The quantitative estimate of drug-likeness (QED) is 0.827. The van der Waals surface area contributed by atoms with Crippen molar-refractivity contribution in [3.8, 4) is 0 Å². The van der Waals surface area contributed by atoms with Gasteiger partial charge in [-0.05, 0) is 36.1 Å². The third-order valence-electron chi connectivity index (χ3n) is 4.34. The van der Waals surface area contributed by atoms with Crippen molar-refractivity contribution in [3.05, 3.63) is 57.3 Å². The largest absolute Gasteiger partial charge is 0.465 e. The van der Waals surface area contributed by atoms with Crippen LogP contribution in [0.2, 0.25) is 0 Å². The number of benzene rings is 1. The number of carbonyl (C=O) groups is 1. The molecule has 1 aliphatic rings. The van der Waals surface area contributed by atoms with Gasteiger partial charge in [0.05, 0.1) is 13.7 Å². The van der Waals surface area contributed by atoms with Gasteiger partial charge in [-0.25, -0.2) is 4.79 Å². The smallest absolute Gasteiger partial charge is 0.348 e. The van der Waals surface area contributed by atoms with Crippen molar-refractivity contribution in [2.75, 3.05) is 20.3 Å². The second kappa shape index (κ2) is 7.25. The number of aryl methyl sites for hydroxylation is 1. The molecule has 1 aromatic carbocycles. The number of aliphatic hydroxyl groups is 1. The molecule has 4 nitrogen and oxygen atoms in total. The first-order valence-electron chi connectivity index (χ1n) is 7.82. The zero-order chi connectivity index (χ0) is 16.2. The van der Waals surface area contributed by atoms with Crippen LogP contribution in [0.1, 0.15) is 38.1 Å². The molecule has 1 N–H and O–H groups in total. The summed E-state index contributed by atoms with van der Waals surface area (Å²) in [4.78, 5) is 15.6. The number of carbonyl (C=O) groups excluding carboxylic acids is 1. The fraction of sp³-hybridized carbons (Fsp3) is 0.389. The number of nitrogens with zero attached hydrogens (tertiary/aromatic N) is 1. The first-order valence-corrected chi connectivity index (χ1v) is 8.64. The fourth-order valence-electron chi connectivity index (χ4n) is 3.26. The highest BCUT2D eigenvalue weighted by molar-refractivity contribution is 7.13. The fourth-order valence-corrected chi connectivity index (χ4v) is 4.21. The lowest BCUT2D eigenvalue weighted by Gasteiger charge is -2.28. The standard InChI is InChI=1S/C18H21NO3S/c1-22-18(21)17-9-7-14(23-17)12-19(10-11-20)16-8-6-13-4-2-3-5-15(13)16/h2-5,7,9,16,20H,6,8,10-12H2,1H3. The number of rotatable bonds is 6. The van der Waals surface area contributed by atoms with Crippen LogP contribution in [-0.4, -0.2) is 36.2 Å². The monoisotopic (exact) mass is 331 g/mol. The van der Waals surface area contributed by atoms with Crippen LogP contribution in [0, 0.1) is 0 Å². The van der Waals surface area contributed by atoms with E-state index in [1.54, 1.807) is 0 Å². The van der Waals surface area contributed by atoms with Crippen LogP contribution in [-0.2, 0) is 17.7 Å². The minimum Gasteiger partial charge on any atom is -0.465 e. The van der Waals surface area contributed by atoms with Crippen LogP contribution in [0.5, 0.6) is 0 Å². The number of hydrogen-bond acceptors (Lipinski definition) is 5. The van der Waals surface area contributed by atoms with Gasteiger partial charge in [0.2, 0.25) is 0 Å². The molecule has 1 atom stereocenters. The van der Waals surface area contributed by atoms with Crippen molar-refractivity contribution in [1.82, 2.24) is 4.90 Å². The number of thiophene rings is 1. The summed E-state index contributed by atoms with van der Waals surface area (Å²) in [6, 6.07) is 12.7. The van der Waals surface area contributed by atoms with Gasteiger partial charge in [-0.1, -0.05) is 24.3 Å². The van der Waals surface area contributed by atoms with Gasteiger partial charge in [0, 0.05) is 24.0 Å². The van der Waals surface area contributed by atoms with Crippen molar-refractivity contribution in [2.45, 2.75) is 25.4 Å². The van der Waals surface area contributed by atoms with Gasteiger partial charge in [0.15, 0.2) is 0 Å². The van der Waals surface area contributed by atoms with Crippen LogP contribution in [0.4, 0.5) is 0 Å². The molecule has 1 aromatic heterocycles. The maximum atomic E-state index is 11.6. The summed E-state index contributed by atoms with van der Waals surface area (Å²) in [6.45, 7) is 1.50. The lowest BCUT2D eigenvalue weighted by atomic mass is 10.1. The van der Waals surface area contributed by atoms with Crippen molar-refractivity contribution < 1.29 is 14.6 Å². The van der Waals surface area contributed by atoms with Gasteiger partial charge in [-0.15, -0.1) is 11.3 Å². The van der Waals surface area contributed by atoms with Crippen LogP contribution in [0.15, 0.2) is 36.4 Å². The number of methoxy groups -OCH3 is 1. The van der Waals surface area contributed by atoms with Gasteiger partial charge >= 0.3 is 5.97 Å². The van der Waals surface area contributed by atoms with Crippen molar-refractivity contribution in [2.24, 2.45) is 0 Å². The Morgan fingerprint density at radius 1 is 1.35 bits per heavy atom. The Kier molecular flexibility index (Phi) is 5.10. The van der Waals surface area contributed by atoms with Crippen molar-refractivity contribution in [1.29, 1.82) is 0 Å². The third kappa shape index (κ3) is 3.47. The number of ether oxygens (including phenoxy) is 1. The molecule has 0 spiro atoms. The van der Waals surface area contributed by atoms with Crippen LogP contribution >= 0.6 is 11.3 Å². The Morgan fingerprint density at radius 2 is 2.17 bits per heavy atom. The van der Waals surface area contributed by atoms with Gasteiger partial charge in [-0.2, -0.15) is 0 Å². The van der Waals surface area contributed by atoms with Gasteiger partial charge < -0.3 is 9.84 Å². The van der Waals surface area contributed by atoms with Crippen LogP contribution in [0.3, 0.4) is 0 Å². The van der Waals surface area contributed by atoms with Crippen LogP contribution in [0.25, 0.3) is 0 Å². The third-order valence-corrected chi connectivity index (χ3v) is 5.39. The Morgan fingerprint density at radius 3 is 2.96 bits per heavy atom. The Balaban J connectivity index is 1.78. The summed E-state index contributed by atoms with van der Waals surface area (Å²) in [7, 11) is 1.40. The summed E-state index contributed by atoms with van der Waals surface area (Å²) in [6.07, 6.45) is 2.16. The summed E-state index contributed by atoms with van der Waals surface area (Å²) < 4.78 is 4.77. The molecule has 23 heavy (non-hydrogen) atoms. The van der Waals surface area contributed by atoms with Crippen LogP contribution < -0.4 is 0 Å². The second-order valence-electron chi connectivity index (χ2n) is 5.70. The van der Waals surface area contributed by atoms with E-state index in [2.05, 4.69) is 29.2 Å². The summed E-state index contributed by atoms with van der Waals surface area (Å²) >= 11 is 1.46. The lowest BCUT2D eigenvalue weighted by molar-refractivity contribution is 0.0606. The Labute approximate surface area is 140 Å². The first kappa shape index (κ1) is 16.2. The molecule has 0 bridgehead atoms. The van der Waals surface area contributed by atoms with E-state index < -0.39 is 0 Å². The molecule has 1 heterocycles. The predicted octanol–water partition coefficient (Wildman–Crippen LogP) is 3.02. The molecular formula is C18H21NO3S. The normalized spacial score (nSPS) is 16.6. The molecule has 0 fully saturated rings. The van der Waals surface area contributed by atoms with E-state index in [4.69, 9.17) is 4.74 Å². The molecule has 0 amide bonds. The maximum absolute atomic E-state index is 11.6. The summed E-state index contributed by atoms with van der Waals surface area (Å²) in [5.74, 6) is -0.291. The summed E-state index contributed by atoms with van der Waals surface area (Å²) in [5.41, 5.74) is 2.77. The molecule has 1 unspecified atom stereocenters. The molecule has 3 rings (SSSR count). The van der Waals surface area contributed by atoms with E-state index >= 15 is 0 Å². The number of esters is 1. The summed E-state index contributed by atoms with van der Waals surface area (Å²) in [5, 5.41) is 9.44. The van der Waals surface area contributed by atoms with Crippen molar-refractivity contribution in [3.63, 3.8) is 0 Å². The average Bonchev–Trinajstić information content (AvgIpc) is 3.20. The highest BCUT2D eigenvalue weighted by atomic mass is 32.1. The molecule has 2 aromatic rings. The highest BCUT2D eigenvalue weighted by Gasteiger charge is 2.27. The van der Waals surface area contributed by atoms with E-state index in [1.807, 2.05) is 12.1 Å². The molecule has 0 saturated carbocycles. The predicted molar refractivity (Wildman–Crippen MR) is 90.7 cm³/mol. The number of fused-ring (bicyclic) bond motifs is 1. The molecule has 122 valence electrons. The van der Waals surface area contributed by atoms with Gasteiger partial charge in [0.25, 0.3) is 0 Å². The zero-order valence-electron chi connectivity index (χ0n) is 13.2. The molecule has 0 aliphatic heterocycles. The van der Waals surface area contributed by atoms with Gasteiger partial charge in [-0.3, -0.25) is 4.90 Å². The molecular weight excluding hydrogens is 310 g/mol. The topological polar surface area (TPSA) is 49.8 Å². The van der Waals surface area contributed by atoms with E-state index in [-0.39, 0.29) is 12.6 Å². The van der Waals surface area contributed by atoms with E-state index in [1.165, 1.54) is 29.6 Å². The minimum absolute atomic E-state index is 0.133. The molecule has 5 heteroatoms. The molecule has 0 radical (unpaired) electrons. The lowest BCUT2D eigenvalue weighted by Crippen LogP contribution is -2.29. The zero-order valence-corrected chi connectivity index (χ0v) is 14.0. The first-order chi connectivity index (χ1) is 11.2. The minimum atomic E-state index is -0.291. The highest BCUT2D eigenvalue weighted by Crippen LogP contribution is 2.36. The van der Waals surface area contributed by atoms with Crippen molar-refractivity contribution >= 4 is 17.3 Å². The number of aliphatic hydroxyl groups excluding tert-OH is 1. The SMILES string of the molecule is COC(=O)c1ccc(CN(CCO)C2CCc3ccccc32)s1. The van der Waals surface area contributed by atoms with E-state index in [0.29, 0.717) is 17.5 Å². The second-order valence-corrected chi connectivity index (χ2v) is 6.87. The van der Waals surface area contributed by atoms with E-state index in [9.17, 15) is 9.90 Å². The maximum Gasteiger partial charge on any atom is 0.348 e. The number of hydrogen-bond donors (Lipinski definition) is 1. The Bertz CT molecular complexity index is 682. The molecule has 1 aliphatic carbocycles. The Hall–Kier alpha value is -1.69.